The molecule has 0 bridgehead atoms. The zero-order chi connectivity index (χ0) is 11.1. The highest BCUT2D eigenvalue weighted by molar-refractivity contribution is 6.17. The van der Waals surface area contributed by atoms with E-state index < -0.39 is 0 Å². The summed E-state index contributed by atoms with van der Waals surface area (Å²) in [6.45, 7) is 2.17. The van der Waals surface area contributed by atoms with Gasteiger partial charge in [0.15, 0.2) is 0 Å². The van der Waals surface area contributed by atoms with Crippen LogP contribution in [-0.2, 0) is 4.79 Å². The van der Waals surface area contributed by atoms with Crippen LogP contribution in [0.3, 0.4) is 0 Å². The lowest BCUT2D eigenvalue weighted by atomic mass is 9.83. The van der Waals surface area contributed by atoms with Gasteiger partial charge >= 0.3 is 0 Å². The molecule has 0 heterocycles. The van der Waals surface area contributed by atoms with Gasteiger partial charge in [0.05, 0.1) is 0 Å². The molecule has 0 aromatic rings. The van der Waals surface area contributed by atoms with E-state index in [2.05, 4.69) is 12.2 Å². The molecular formula is C12H22ClNO. The first-order chi connectivity index (χ1) is 7.16. The van der Waals surface area contributed by atoms with Crippen molar-refractivity contribution in [2.75, 3.05) is 5.88 Å². The van der Waals surface area contributed by atoms with Crippen LogP contribution in [0.1, 0.15) is 58.3 Å². The summed E-state index contributed by atoms with van der Waals surface area (Å²) in [5.74, 6) is 0.856. The van der Waals surface area contributed by atoms with Gasteiger partial charge in [-0.05, 0) is 32.6 Å². The average molecular weight is 232 g/mol. The van der Waals surface area contributed by atoms with Crippen LogP contribution in [-0.4, -0.2) is 17.3 Å². The van der Waals surface area contributed by atoms with Crippen LogP contribution < -0.4 is 5.32 Å². The van der Waals surface area contributed by atoms with Gasteiger partial charge in [-0.1, -0.05) is 19.3 Å². The summed E-state index contributed by atoms with van der Waals surface area (Å²) in [6, 6.07) is 0. The third-order valence-corrected chi connectivity index (χ3v) is 3.45. The van der Waals surface area contributed by atoms with E-state index in [1.54, 1.807) is 0 Å². The maximum atomic E-state index is 11.6. The number of hydrogen-bond acceptors (Lipinski definition) is 1. The molecular weight excluding hydrogens is 210 g/mol. The van der Waals surface area contributed by atoms with Gasteiger partial charge in [-0.25, -0.2) is 0 Å². The van der Waals surface area contributed by atoms with E-state index >= 15 is 0 Å². The van der Waals surface area contributed by atoms with Crippen LogP contribution in [0.25, 0.3) is 0 Å². The first-order valence-electron chi connectivity index (χ1n) is 6.03. The predicted octanol–water partition coefficient (Wildman–Crippen LogP) is 3.23. The zero-order valence-electron chi connectivity index (χ0n) is 9.65. The van der Waals surface area contributed by atoms with Crippen molar-refractivity contribution in [3.63, 3.8) is 0 Å². The number of hydrogen-bond donors (Lipinski definition) is 1. The first-order valence-corrected chi connectivity index (χ1v) is 6.57. The summed E-state index contributed by atoms with van der Waals surface area (Å²) >= 11 is 5.57. The second-order valence-electron chi connectivity index (χ2n) is 4.82. The van der Waals surface area contributed by atoms with Crippen molar-refractivity contribution >= 4 is 17.5 Å². The summed E-state index contributed by atoms with van der Waals surface area (Å²) in [6.07, 6.45) is 8.55. The molecule has 2 nitrogen and oxygen atoms in total. The van der Waals surface area contributed by atoms with Crippen LogP contribution in [0, 0.1) is 0 Å². The second kappa shape index (κ2) is 6.37. The van der Waals surface area contributed by atoms with E-state index in [1.165, 1.54) is 19.3 Å². The fourth-order valence-electron chi connectivity index (χ4n) is 2.24. The Morgan fingerprint density at radius 3 is 2.53 bits per heavy atom. The van der Waals surface area contributed by atoms with E-state index in [-0.39, 0.29) is 11.4 Å². The Balaban J connectivity index is 2.23. The van der Waals surface area contributed by atoms with Crippen molar-refractivity contribution in [3.8, 4) is 0 Å². The minimum atomic E-state index is 0.0658. The minimum Gasteiger partial charge on any atom is -0.351 e. The van der Waals surface area contributed by atoms with Crippen LogP contribution in [0.2, 0.25) is 0 Å². The Kier molecular flexibility index (Phi) is 5.44. The van der Waals surface area contributed by atoms with Crippen molar-refractivity contribution < 1.29 is 4.79 Å². The van der Waals surface area contributed by atoms with Crippen LogP contribution >= 0.6 is 11.6 Å². The molecule has 1 aliphatic carbocycles. The SMILES string of the molecule is CC1(NC(=O)CCCCCl)CCCCC1. The topological polar surface area (TPSA) is 29.1 Å². The molecule has 1 saturated carbocycles. The molecule has 1 N–H and O–H groups in total. The number of nitrogens with one attached hydrogen (secondary N) is 1. The Bertz CT molecular complexity index is 200. The number of carbonyl (C=O) groups is 1. The summed E-state index contributed by atoms with van der Waals surface area (Å²) in [4.78, 5) is 11.6. The lowest BCUT2D eigenvalue weighted by Crippen LogP contribution is -2.47. The third-order valence-electron chi connectivity index (χ3n) is 3.19. The summed E-state index contributed by atoms with van der Waals surface area (Å²) < 4.78 is 0. The highest BCUT2D eigenvalue weighted by atomic mass is 35.5. The van der Waals surface area contributed by atoms with Gasteiger partial charge in [0.25, 0.3) is 0 Å². The monoisotopic (exact) mass is 231 g/mol. The summed E-state index contributed by atoms with van der Waals surface area (Å²) in [7, 11) is 0. The van der Waals surface area contributed by atoms with Gasteiger partial charge < -0.3 is 5.32 Å². The normalized spacial score (nSPS) is 19.9. The van der Waals surface area contributed by atoms with E-state index in [4.69, 9.17) is 11.6 Å². The maximum Gasteiger partial charge on any atom is 0.220 e. The average Bonchev–Trinajstić information content (AvgIpc) is 2.18. The molecule has 0 aliphatic heterocycles. The molecule has 0 unspecified atom stereocenters. The standard InChI is InChI=1S/C12H22ClNO/c1-12(8-4-2-5-9-12)14-11(15)7-3-6-10-13/h2-10H2,1H3,(H,14,15). The molecule has 0 spiro atoms. The van der Waals surface area contributed by atoms with Crippen molar-refractivity contribution in [2.24, 2.45) is 0 Å². The van der Waals surface area contributed by atoms with Gasteiger partial charge in [-0.15, -0.1) is 11.6 Å². The maximum absolute atomic E-state index is 11.6. The number of unbranched alkanes of at least 4 members (excludes halogenated alkanes) is 1. The van der Waals surface area contributed by atoms with Crippen molar-refractivity contribution in [1.29, 1.82) is 0 Å². The van der Waals surface area contributed by atoms with Crippen molar-refractivity contribution in [3.05, 3.63) is 0 Å². The highest BCUT2D eigenvalue weighted by Gasteiger charge is 2.27. The molecule has 0 aromatic carbocycles. The number of rotatable bonds is 5. The van der Waals surface area contributed by atoms with Gasteiger partial charge in [0, 0.05) is 17.8 Å². The molecule has 0 radical (unpaired) electrons. The van der Waals surface area contributed by atoms with E-state index in [0.29, 0.717) is 12.3 Å². The molecule has 1 rings (SSSR count). The molecule has 88 valence electrons. The van der Waals surface area contributed by atoms with Crippen molar-refractivity contribution in [1.82, 2.24) is 5.32 Å². The van der Waals surface area contributed by atoms with Crippen molar-refractivity contribution in [2.45, 2.75) is 63.8 Å². The second-order valence-corrected chi connectivity index (χ2v) is 5.19. The predicted molar refractivity (Wildman–Crippen MR) is 64.2 cm³/mol. The Hall–Kier alpha value is -0.240. The molecule has 1 fully saturated rings. The third kappa shape index (κ3) is 4.87. The van der Waals surface area contributed by atoms with E-state index in [1.807, 2.05) is 0 Å². The largest absolute Gasteiger partial charge is 0.351 e. The quantitative estimate of drug-likeness (QED) is 0.571. The molecule has 15 heavy (non-hydrogen) atoms. The van der Waals surface area contributed by atoms with Crippen LogP contribution in [0.15, 0.2) is 0 Å². The molecule has 0 atom stereocenters. The molecule has 3 heteroatoms. The number of alkyl halides is 1. The zero-order valence-corrected chi connectivity index (χ0v) is 10.4. The lowest BCUT2D eigenvalue weighted by molar-refractivity contribution is -0.123. The minimum absolute atomic E-state index is 0.0658. The molecule has 0 aromatic heterocycles. The van der Waals surface area contributed by atoms with Gasteiger partial charge in [-0.3, -0.25) is 4.79 Å². The Labute approximate surface area is 97.8 Å². The van der Waals surface area contributed by atoms with Gasteiger partial charge in [-0.2, -0.15) is 0 Å². The van der Waals surface area contributed by atoms with Gasteiger partial charge in [0.1, 0.15) is 0 Å². The fourth-order valence-corrected chi connectivity index (χ4v) is 2.43. The van der Waals surface area contributed by atoms with Crippen LogP contribution in [0.5, 0.6) is 0 Å². The summed E-state index contributed by atoms with van der Waals surface area (Å²) in [5.41, 5.74) is 0.0658. The Morgan fingerprint density at radius 1 is 1.27 bits per heavy atom. The lowest BCUT2D eigenvalue weighted by Gasteiger charge is -2.34. The number of carbonyl (C=O) groups excluding carboxylic acids is 1. The molecule has 0 saturated heterocycles. The fraction of sp³-hybridized carbons (Fsp3) is 0.917. The van der Waals surface area contributed by atoms with E-state index in [0.717, 1.165) is 25.7 Å². The smallest absolute Gasteiger partial charge is 0.220 e. The Morgan fingerprint density at radius 2 is 1.93 bits per heavy atom. The molecule has 1 aliphatic rings. The van der Waals surface area contributed by atoms with Gasteiger partial charge in [0.2, 0.25) is 5.91 Å². The molecule has 1 amide bonds. The van der Waals surface area contributed by atoms with E-state index in [9.17, 15) is 4.79 Å². The highest BCUT2D eigenvalue weighted by Crippen LogP contribution is 2.27. The first kappa shape index (κ1) is 12.8. The van der Waals surface area contributed by atoms with Crippen LogP contribution in [0.4, 0.5) is 0 Å². The number of amides is 1. The number of halogens is 1. The summed E-state index contributed by atoms with van der Waals surface area (Å²) in [5, 5.41) is 3.17.